The van der Waals surface area contributed by atoms with Crippen molar-refractivity contribution in [3.05, 3.63) is 0 Å². The number of rotatable bonds is 46. The molecule has 1 nitrogen and oxygen atoms in total. The first kappa shape index (κ1) is 53.0. The minimum Gasteiger partial charge on any atom is -0.393 e. The maximum absolute atomic E-state index is 10.7. The van der Waals surface area contributed by atoms with E-state index in [0.29, 0.717) is 0 Å². The number of aliphatic hydroxyl groups is 1. The Morgan fingerprint density at radius 3 is 0.868 bits per heavy atom. The normalized spacial score (nSPS) is 13.1. The van der Waals surface area contributed by atoms with Crippen LogP contribution in [0.1, 0.15) is 311 Å². The van der Waals surface area contributed by atoms with E-state index in [-0.39, 0.29) is 6.10 Å². The van der Waals surface area contributed by atoms with E-state index in [1.165, 1.54) is 263 Å². The first-order valence-electron chi connectivity index (χ1n) is 25.7. The lowest BCUT2D eigenvalue weighted by Gasteiger charge is -2.18. The monoisotopic (exact) mass is 747 g/mol. The standard InChI is InChI=1S/C52H106O/c1-6-8-10-12-14-16-18-20-22-24-26-28-30-32-34-36-43-51(45-38-39-46-52(53)48-47-50(5)42-40-41-49(3)4)44-37-35-33-31-29-27-25-23-21-19-17-15-13-11-9-7-2/h49-53H,6-48H2,1-5H3. The van der Waals surface area contributed by atoms with Gasteiger partial charge in [0, 0.05) is 0 Å². The molecule has 0 rings (SSSR count). The lowest BCUT2D eigenvalue weighted by molar-refractivity contribution is 0.140. The van der Waals surface area contributed by atoms with Crippen LogP contribution < -0.4 is 0 Å². The SMILES string of the molecule is CCCCCCCCCCCCCCCCCCC(CCCCCCCCCCCCCCCCCC)CCCCC(O)CCC(C)CCCC(C)C. The zero-order valence-electron chi connectivity index (χ0n) is 38.2. The quantitative estimate of drug-likeness (QED) is 0.0615. The van der Waals surface area contributed by atoms with Crippen LogP contribution in [0.2, 0.25) is 0 Å². The second-order valence-corrected chi connectivity index (χ2v) is 19.0. The molecule has 0 aromatic heterocycles. The van der Waals surface area contributed by atoms with Gasteiger partial charge in [-0.15, -0.1) is 0 Å². The summed E-state index contributed by atoms with van der Waals surface area (Å²) in [6, 6.07) is 0. The van der Waals surface area contributed by atoms with Crippen LogP contribution in [0, 0.1) is 17.8 Å². The van der Waals surface area contributed by atoms with Crippen molar-refractivity contribution in [1.82, 2.24) is 0 Å². The largest absolute Gasteiger partial charge is 0.393 e. The van der Waals surface area contributed by atoms with Gasteiger partial charge in [0.25, 0.3) is 0 Å². The van der Waals surface area contributed by atoms with Gasteiger partial charge in [0.2, 0.25) is 0 Å². The van der Waals surface area contributed by atoms with Crippen LogP contribution in [0.15, 0.2) is 0 Å². The van der Waals surface area contributed by atoms with Crippen molar-refractivity contribution in [3.63, 3.8) is 0 Å². The number of aliphatic hydroxyl groups excluding tert-OH is 1. The zero-order chi connectivity index (χ0) is 38.7. The van der Waals surface area contributed by atoms with Crippen molar-refractivity contribution in [2.45, 2.75) is 317 Å². The van der Waals surface area contributed by atoms with Crippen molar-refractivity contribution in [2.75, 3.05) is 0 Å². The van der Waals surface area contributed by atoms with Crippen molar-refractivity contribution < 1.29 is 5.11 Å². The maximum Gasteiger partial charge on any atom is 0.0540 e. The molecule has 2 atom stereocenters. The molecule has 0 heterocycles. The van der Waals surface area contributed by atoms with Gasteiger partial charge in [-0.3, -0.25) is 0 Å². The third kappa shape index (κ3) is 44.5. The number of unbranched alkanes of at least 4 members (excludes halogenated alkanes) is 31. The van der Waals surface area contributed by atoms with E-state index in [1.54, 1.807) is 0 Å². The van der Waals surface area contributed by atoms with Gasteiger partial charge in [-0.1, -0.05) is 291 Å². The van der Waals surface area contributed by atoms with E-state index in [1.807, 2.05) is 0 Å². The molecule has 0 aromatic rings. The predicted octanol–water partition coefficient (Wildman–Crippen LogP) is 19.1. The number of hydrogen-bond donors (Lipinski definition) is 1. The van der Waals surface area contributed by atoms with Gasteiger partial charge in [-0.25, -0.2) is 0 Å². The Balaban J connectivity index is 4.08. The molecule has 0 saturated heterocycles. The molecule has 0 radical (unpaired) electrons. The van der Waals surface area contributed by atoms with E-state index in [2.05, 4.69) is 34.6 Å². The van der Waals surface area contributed by atoms with E-state index in [0.717, 1.165) is 30.6 Å². The lowest BCUT2D eigenvalue weighted by Crippen LogP contribution is -2.09. The highest BCUT2D eigenvalue weighted by atomic mass is 16.3. The zero-order valence-corrected chi connectivity index (χ0v) is 38.2. The smallest absolute Gasteiger partial charge is 0.0540 e. The van der Waals surface area contributed by atoms with E-state index >= 15 is 0 Å². The van der Waals surface area contributed by atoms with Crippen molar-refractivity contribution in [3.8, 4) is 0 Å². The minimum absolute atomic E-state index is 0.0679. The summed E-state index contributed by atoms with van der Waals surface area (Å²) in [5.41, 5.74) is 0. The van der Waals surface area contributed by atoms with E-state index < -0.39 is 0 Å². The molecule has 320 valence electrons. The molecule has 53 heavy (non-hydrogen) atoms. The molecule has 0 saturated carbocycles. The van der Waals surface area contributed by atoms with Crippen molar-refractivity contribution in [1.29, 1.82) is 0 Å². The second-order valence-electron chi connectivity index (χ2n) is 19.0. The third-order valence-corrected chi connectivity index (χ3v) is 12.8. The first-order chi connectivity index (χ1) is 26.0. The van der Waals surface area contributed by atoms with Gasteiger partial charge < -0.3 is 5.11 Å². The van der Waals surface area contributed by atoms with E-state index in [9.17, 15) is 5.11 Å². The van der Waals surface area contributed by atoms with Crippen LogP contribution in [0.4, 0.5) is 0 Å². The molecule has 0 aromatic carbocycles. The van der Waals surface area contributed by atoms with Gasteiger partial charge in [-0.05, 0) is 37.0 Å². The Morgan fingerprint density at radius 2 is 0.547 bits per heavy atom. The van der Waals surface area contributed by atoms with Gasteiger partial charge in [0.05, 0.1) is 6.10 Å². The highest BCUT2D eigenvalue weighted by Crippen LogP contribution is 2.26. The predicted molar refractivity (Wildman–Crippen MR) is 243 cm³/mol. The molecule has 0 bridgehead atoms. The highest BCUT2D eigenvalue weighted by Gasteiger charge is 2.12. The number of hydrogen-bond acceptors (Lipinski definition) is 1. The molecular weight excluding hydrogens is 641 g/mol. The van der Waals surface area contributed by atoms with Crippen LogP contribution in [0.25, 0.3) is 0 Å². The third-order valence-electron chi connectivity index (χ3n) is 12.8. The summed E-state index contributed by atoms with van der Waals surface area (Å²) in [6.07, 6.45) is 60.9. The van der Waals surface area contributed by atoms with E-state index in [4.69, 9.17) is 0 Å². The van der Waals surface area contributed by atoms with Crippen LogP contribution >= 0.6 is 0 Å². The van der Waals surface area contributed by atoms with Gasteiger partial charge in [0.1, 0.15) is 0 Å². The molecule has 0 spiro atoms. The summed E-state index contributed by atoms with van der Waals surface area (Å²) in [6.45, 7) is 11.7. The van der Waals surface area contributed by atoms with Crippen LogP contribution in [0.5, 0.6) is 0 Å². The lowest BCUT2D eigenvalue weighted by atomic mass is 9.89. The average molecular weight is 747 g/mol. The fourth-order valence-corrected chi connectivity index (χ4v) is 8.85. The van der Waals surface area contributed by atoms with Gasteiger partial charge in [-0.2, -0.15) is 0 Å². The second kappa shape index (κ2) is 44.7. The van der Waals surface area contributed by atoms with Crippen LogP contribution in [-0.2, 0) is 0 Å². The minimum atomic E-state index is -0.0679. The van der Waals surface area contributed by atoms with Gasteiger partial charge >= 0.3 is 0 Å². The average Bonchev–Trinajstić information content (AvgIpc) is 3.14. The summed E-state index contributed by atoms with van der Waals surface area (Å²) in [7, 11) is 0. The van der Waals surface area contributed by atoms with Crippen LogP contribution in [0.3, 0.4) is 0 Å². The fourth-order valence-electron chi connectivity index (χ4n) is 8.85. The van der Waals surface area contributed by atoms with Crippen molar-refractivity contribution >= 4 is 0 Å². The molecule has 0 aliphatic heterocycles. The van der Waals surface area contributed by atoms with Crippen molar-refractivity contribution in [2.24, 2.45) is 17.8 Å². The van der Waals surface area contributed by atoms with Crippen LogP contribution in [-0.4, -0.2) is 11.2 Å². The molecule has 1 heteroatoms. The van der Waals surface area contributed by atoms with Gasteiger partial charge in [0.15, 0.2) is 0 Å². The topological polar surface area (TPSA) is 20.2 Å². The molecular formula is C52H106O. The fraction of sp³-hybridized carbons (Fsp3) is 1.00. The Bertz CT molecular complexity index is 605. The molecule has 2 unspecified atom stereocenters. The Labute approximate surface area is 338 Å². The Kier molecular flexibility index (Phi) is 44.6. The maximum atomic E-state index is 10.7. The summed E-state index contributed by atoms with van der Waals surface area (Å²) in [5, 5.41) is 10.7. The molecule has 0 aliphatic carbocycles. The Hall–Kier alpha value is -0.0400. The summed E-state index contributed by atoms with van der Waals surface area (Å²) >= 11 is 0. The highest BCUT2D eigenvalue weighted by molar-refractivity contribution is 4.65. The summed E-state index contributed by atoms with van der Waals surface area (Å²) in [4.78, 5) is 0. The summed E-state index contributed by atoms with van der Waals surface area (Å²) < 4.78 is 0. The molecule has 0 fully saturated rings. The molecule has 1 N–H and O–H groups in total. The Morgan fingerprint density at radius 1 is 0.264 bits per heavy atom. The molecule has 0 amide bonds. The first-order valence-corrected chi connectivity index (χ1v) is 25.7. The molecule has 0 aliphatic rings. The summed E-state index contributed by atoms with van der Waals surface area (Å²) in [5.74, 6) is 2.53.